The summed E-state index contributed by atoms with van der Waals surface area (Å²) in [5.41, 5.74) is 1.81. The van der Waals surface area contributed by atoms with Crippen LogP contribution in [0.3, 0.4) is 0 Å². The molecular weight excluding hydrogens is 374 g/mol. The van der Waals surface area contributed by atoms with Gasteiger partial charge in [-0.15, -0.1) is 0 Å². The number of morpholine rings is 1. The summed E-state index contributed by atoms with van der Waals surface area (Å²) in [4.78, 5) is 6.55. The molecule has 0 bridgehead atoms. The Morgan fingerprint density at radius 1 is 1.31 bits per heavy atom. The lowest BCUT2D eigenvalue weighted by atomic mass is 10.1. The zero-order valence-electron chi connectivity index (χ0n) is 14.6. The molecule has 6 nitrogen and oxygen atoms in total. The van der Waals surface area contributed by atoms with Crippen LogP contribution >= 0.6 is 11.6 Å². The number of benzene rings is 1. The Hall–Kier alpha value is -1.51. The summed E-state index contributed by atoms with van der Waals surface area (Å²) in [6.45, 7) is 4.85. The Labute approximate surface area is 159 Å². The molecule has 1 N–H and O–H groups in total. The van der Waals surface area contributed by atoms with Gasteiger partial charge in [0.05, 0.1) is 24.2 Å². The Morgan fingerprint density at radius 3 is 2.73 bits per heavy atom. The lowest BCUT2D eigenvalue weighted by molar-refractivity contribution is 0.0171. The van der Waals surface area contributed by atoms with Crippen LogP contribution in [0.2, 0.25) is 5.02 Å². The summed E-state index contributed by atoms with van der Waals surface area (Å²) in [5, 5.41) is 0.435. The molecule has 1 aliphatic rings. The smallest absolute Gasteiger partial charge is 0.240 e. The summed E-state index contributed by atoms with van der Waals surface area (Å²) in [5.74, 6) is 0. The van der Waals surface area contributed by atoms with E-state index in [4.69, 9.17) is 16.3 Å². The van der Waals surface area contributed by atoms with Crippen molar-refractivity contribution in [3.05, 3.63) is 58.9 Å². The van der Waals surface area contributed by atoms with E-state index in [0.29, 0.717) is 18.2 Å². The summed E-state index contributed by atoms with van der Waals surface area (Å²) in [7, 11) is -3.65. The molecule has 0 amide bonds. The minimum absolute atomic E-state index is 0.108. The van der Waals surface area contributed by atoms with E-state index in [1.165, 1.54) is 6.07 Å². The van der Waals surface area contributed by atoms with Crippen LogP contribution in [0.5, 0.6) is 0 Å². The minimum atomic E-state index is -3.65. The van der Waals surface area contributed by atoms with Gasteiger partial charge < -0.3 is 4.74 Å². The third-order valence-electron chi connectivity index (χ3n) is 4.48. The molecule has 0 saturated carbocycles. The fourth-order valence-corrected chi connectivity index (χ4v) is 4.24. The minimum Gasteiger partial charge on any atom is -0.379 e. The number of aromatic nitrogens is 1. The molecule has 1 atom stereocenters. The largest absolute Gasteiger partial charge is 0.379 e. The first-order chi connectivity index (χ1) is 12.5. The summed E-state index contributed by atoms with van der Waals surface area (Å²) in [6, 6.07) is 8.46. The number of pyridine rings is 1. The van der Waals surface area contributed by atoms with Gasteiger partial charge in [-0.05, 0) is 36.2 Å². The van der Waals surface area contributed by atoms with Crippen molar-refractivity contribution in [3.8, 4) is 0 Å². The molecule has 1 aromatic carbocycles. The monoisotopic (exact) mass is 395 g/mol. The van der Waals surface area contributed by atoms with Crippen LogP contribution in [0.15, 0.2) is 47.6 Å². The highest BCUT2D eigenvalue weighted by Gasteiger charge is 2.25. The Balaban J connectivity index is 1.79. The van der Waals surface area contributed by atoms with Crippen LogP contribution in [0.25, 0.3) is 0 Å². The zero-order valence-corrected chi connectivity index (χ0v) is 16.1. The SMILES string of the molecule is Cc1ccc(S(=O)(=O)NCC(c2cccnc2)N2CCOCC2)cc1Cl. The van der Waals surface area contributed by atoms with Gasteiger partial charge in [0.25, 0.3) is 0 Å². The summed E-state index contributed by atoms with van der Waals surface area (Å²) >= 11 is 6.08. The molecule has 2 aromatic rings. The van der Waals surface area contributed by atoms with Gasteiger partial charge in [-0.2, -0.15) is 0 Å². The first-order valence-corrected chi connectivity index (χ1v) is 10.3. The average molecular weight is 396 g/mol. The Bertz CT molecular complexity index is 840. The van der Waals surface area contributed by atoms with Gasteiger partial charge >= 0.3 is 0 Å². The quantitative estimate of drug-likeness (QED) is 0.813. The van der Waals surface area contributed by atoms with Gasteiger partial charge in [-0.1, -0.05) is 23.7 Å². The van der Waals surface area contributed by atoms with E-state index in [-0.39, 0.29) is 17.5 Å². The van der Waals surface area contributed by atoms with E-state index >= 15 is 0 Å². The van der Waals surface area contributed by atoms with Gasteiger partial charge in [0.15, 0.2) is 0 Å². The van der Waals surface area contributed by atoms with E-state index in [2.05, 4.69) is 14.6 Å². The Morgan fingerprint density at radius 2 is 2.08 bits per heavy atom. The number of ether oxygens (including phenoxy) is 1. The van der Waals surface area contributed by atoms with Gasteiger partial charge in [-0.3, -0.25) is 9.88 Å². The second-order valence-corrected chi connectivity index (χ2v) is 8.39. The normalized spacial score (nSPS) is 17.2. The van der Waals surface area contributed by atoms with E-state index in [1.54, 1.807) is 24.5 Å². The zero-order chi connectivity index (χ0) is 18.6. The second-order valence-electron chi connectivity index (χ2n) is 6.21. The van der Waals surface area contributed by atoms with Crippen LogP contribution in [0.4, 0.5) is 0 Å². The summed E-state index contributed by atoms with van der Waals surface area (Å²) < 4.78 is 33.5. The van der Waals surface area contributed by atoms with E-state index in [0.717, 1.165) is 24.2 Å². The molecule has 0 radical (unpaired) electrons. The van der Waals surface area contributed by atoms with E-state index in [9.17, 15) is 8.42 Å². The fraction of sp³-hybridized carbons (Fsp3) is 0.389. The molecule has 140 valence electrons. The fourth-order valence-electron chi connectivity index (χ4n) is 2.93. The maximum absolute atomic E-state index is 12.7. The van der Waals surface area contributed by atoms with Crippen molar-refractivity contribution in [1.29, 1.82) is 0 Å². The van der Waals surface area contributed by atoms with Gasteiger partial charge in [0.2, 0.25) is 10.0 Å². The molecule has 26 heavy (non-hydrogen) atoms. The van der Waals surface area contributed by atoms with Crippen molar-refractivity contribution in [1.82, 2.24) is 14.6 Å². The number of nitrogens with one attached hydrogen (secondary N) is 1. The van der Waals surface area contributed by atoms with Gasteiger partial charge in [0, 0.05) is 37.1 Å². The first-order valence-electron chi connectivity index (χ1n) is 8.45. The van der Waals surface area contributed by atoms with E-state index < -0.39 is 10.0 Å². The lowest BCUT2D eigenvalue weighted by Gasteiger charge is -2.34. The number of sulfonamides is 1. The molecule has 0 aliphatic carbocycles. The number of aryl methyl sites for hydroxylation is 1. The van der Waals surface area contributed by atoms with Gasteiger partial charge in [0.1, 0.15) is 0 Å². The number of hydrogen-bond acceptors (Lipinski definition) is 5. The maximum Gasteiger partial charge on any atom is 0.240 e. The molecule has 2 heterocycles. The van der Waals surface area contributed by atoms with Crippen molar-refractivity contribution >= 4 is 21.6 Å². The van der Waals surface area contributed by atoms with Crippen LogP contribution in [0.1, 0.15) is 17.2 Å². The molecule has 1 aliphatic heterocycles. The highest BCUT2D eigenvalue weighted by atomic mass is 35.5. The van der Waals surface area contributed by atoms with Crippen LogP contribution < -0.4 is 4.72 Å². The third-order valence-corrected chi connectivity index (χ3v) is 6.30. The van der Waals surface area contributed by atoms with Crippen LogP contribution in [-0.4, -0.2) is 51.1 Å². The van der Waals surface area contributed by atoms with Crippen molar-refractivity contribution in [3.63, 3.8) is 0 Å². The van der Waals surface area contributed by atoms with Crippen LogP contribution in [-0.2, 0) is 14.8 Å². The average Bonchev–Trinajstić information content (AvgIpc) is 2.66. The number of hydrogen-bond donors (Lipinski definition) is 1. The van der Waals surface area contributed by atoms with Crippen molar-refractivity contribution in [2.45, 2.75) is 17.9 Å². The van der Waals surface area contributed by atoms with Crippen LogP contribution in [0, 0.1) is 6.92 Å². The molecule has 0 spiro atoms. The number of nitrogens with zero attached hydrogens (tertiary/aromatic N) is 2. The lowest BCUT2D eigenvalue weighted by Crippen LogP contribution is -2.43. The predicted octanol–water partition coefficient (Wildman–Crippen LogP) is 2.40. The molecule has 1 unspecified atom stereocenters. The van der Waals surface area contributed by atoms with Gasteiger partial charge in [-0.25, -0.2) is 13.1 Å². The predicted molar refractivity (Wildman–Crippen MR) is 101 cm³/mol. The number of rotatable bonds is 6. The Kier molecular flexibility index (Phi) is 6.26. The molecule has 1 aromatic heterocycles. The van der Waals surface area contributed by atoms with Crippen molar-refractivity contribution in [2.24, 2.45) is 0 Å². The molecule has 1 fully saturated rings. The van der Waals surface area contributed by atoms with Crippen molar-refractivity contribution in [2.75, 3.05) is 32.8 Å². The first kappa shape index (κ1) is 19.3. The highest BCUT2D eigenvalue weighted by molar-refractivity contribution is 7.89. The maximum atomic E-state index is 12.7. The third kappa shape index (κ3) is 4.61. The molecular formula is C18H22ClN3O3S. The topological polar surface area (TPSA) is 71.5 Å². The van der Waals surface area contributed by atoms with E-state index in [1.807, 2.05) is 19.1 Å². The second kappa shape index (κ2) is 8.45. The summed E-state index contributed by atoms with van der Waals surface area (Å²) in [6.07, 6.45) is 3.48. The standard InChI is InChI=1S/C18H22ClN3O3S/c1-14-4-5-16(11-17(14)19)26(23,24)21-13-18(15-3-2-6-20-12-15)22-7-9-25-10-8-22/h2-6,11-12,18,21H,7-10,13H2,1H3. The molecule has 1 saturated heterocycles. The molecule has 8 heteroatoms. The number of halogens is 1. The highest BCUT2D eigenvalue weighted by Crippen LogP contribution is 2.23. The van der Waals surface area contributed by atoms with Crippen molar-refractivity contribution < 1.29 is 13.2 Å². The molecule has 3 rings (SSSR count).